The molecule has 290 valence electrons. The van der Waals surface area contributed by atoms with Crippen LogP contribution in [0.2, 0.25) is 0 Å². The molecule has 2 amide bonds. The second-order valence-electron chi connectivity index (χ2n) is 14.7. The Morgan fingerprint density at radius 2 is 1.44 bits per heavy atom. The zero-order chi connectivity index (χ0) is 38.9. The van der Waals surface area contributed by atoms with Crippen LogP contribution >= 0.6 is 0 Å². The van der Waals surface area contributed by atoms with Gasteiger partial charge in [-0.2, -0.15) is 0 Å². The minimum Gasteiger partial charge on any atom is -0.497 e. The Labute approximate surface area is 318 Å². The van der Waals surface area contributed by atoms with Gasteiger partial charge in [-0.25, -0.2) is 4.90 Å². The summed E-state index contributed by atoms with van der Waals surface area (Å²) >= 11 is 0. The van der Waals surface area contributed by atoms with Crippen molar-refractivity contribution in [2.45, 2.75) is 70.9 Å². The molecule has 0 aromatic heterocycles. The summed E-state index contributed by atoms with van der Waals surface area (Å²) in [7, 11) is 4.93. The molecule has 2 aliphatic heterocycles. The highest BCUT2D eigenvalue weighted by atomic mass is 16.6. The highest BCUT2D eigenvalue weighted by Crippen LogP contribution is 2.42. The smallest absolute Gasteiger partial charge is 0.312 e. The van der Waals surface area contributed by atoms with Crippen LogP contribution in [0, 0.1) is 11.3 Å². The number of rotatable bonds is 17. The molecule has 0 bridgehead atoms. The lowest BCUT2D eigenvalue weighted by Gasteiger charge is -2.36. The van der Waals surface area contributed by atoms with Crippen LogP contribution in [-0.2, 0) is 38.9 Å². The van der Waals surface area contributed by atoms with Crippen LogP contribution in [0.15, 0.2) is 90.5 Å². The van der Waals surface area contributed by atoms with E-state index < -0.39 is 41.4 Å². The Morgan fingerprint density at radius 3 is 2.00 bits per heavy atom. The largest absolute Gasteiger partial charge is 0.497 e. The number of aliphatic hydroxyl groups is 2. The molecule has 11 heteroatoms. The fourth-order valence-corrected chi connectivity index (χ4v) is 6.95. The van der Waals surface area contributed by atoms with Gasteiger partial charge in [-0.1, -0.05) is 60.7 Å². The van der Waals surface area contributed by atoms with Crippen LogP contribution in [0.25, 0.3) is 0 Å². The van der Waals surface area contributed by atoms with Crippen molar-refractivity contribution in [1.29, 1.82) is 0 Å². The Bertz CT molecular complexity index is 1680. The molecule has 1 saturated heterocycles. The minimum absolute atomic E-state index is 0.156. The van der Waals surface area contributed by atoms with Gasteiger partial charge in [0.25, 0.3) is 5.91 Å². The summed E-state index contributed by atoms with van der Waals surface area (Å²) in [6.45, 7) is 7.64. The molecular formula is C43H54NO10+. The normalized spacial score (nSPS) is 20.5. The topological polar surface area (TPSA) is 123 Å². The molecular weight excluding hydrogens is 690 g/mol. The highest BCUT2D eigenvalue weighted by Gasteiger charge is 2.44. The van der Waals surface area contributed by atoms with Gasteiger partial charge in [-0.3, -0.25) is 14.4 Å². The summed E-state index contributed by atoms with van der Waals surface area (Å²) in [4.78, 5) is 39.9. The number of esters is 1. The molecule has 2 unspecified atom stereocenters. The first-order valence-corrected chi connectivity index (χ1v) is 18.4. The molecule has 54 heavy (non-hydrogen) atoms. The summed E-state index contributed by atoms with van der Waals surface area (Å²) in [6.07, 6.45) is 2.50. The summed E-state index contributed by atoms with van der Waals surface area (Å²) in [5.41, 5.74) is 1.44. The SMILES string of the molecule is COCC[OH+]C1C[C@@H](COC(c2ccccc2)(c2ccc(OC)cc2)c2ccc(OC)cc2)O[C@H]1CCC1C=C(C)C(=O)N(COC(=O)C(C)(C)C)C1=O. The fourth-order valence-electron chi connectivity index (χ4n) is 6.95. The number of ether oxygens (including phenoxy) is 7. The maximum absolute atomic E-state index is 13.6. The van der Waals surface area contributed by atoms with Crippen LogP contribution in [-0.4, -0.2) is 93.6 Å². The van der Waals surface area contributed by atoms with Crippen LogP contribution in [0.5, 0.6) is 11.5 Å². The first-order chi connectivity index (χ1) is 25.9. The quantitative estimate of drug-likeness (QED) is 0.0541. The molecule has 0 saturated carbocycles. The van der Waals surface area contributed by atoms with Gasteiger partial charge in [0.05, 0.1) is 44.7 Å². The summed E-state index contributed by atoms with van der Waals surface area (Å²) < 4.78 is 40.4. The van der Waals surface area contributed by atoms with E-state index in [0.29, 0.717) is 38.0 Å². The van der Waals surface area contributed by atoms with Gasteiger partial charge in [0.15, 0.2) is 19.4 Å². The second kappa shape index (κ2) is 18.2. The Hall–Kier alpha value is -4.55. The lowest BCUT2D eigenvalue weighted by molar-refractivity contribution is -0.165. The molecule has 0 radical (unpaired) electrons. The number of hydrogen-bond donors (Lipinski definition) is 0. The molecule has 0 aliphatic carbocycles. The fraction of sp³-hybridized carbons (Fsp3) is 0.465. The Kier molecular flexibility index (Phi) is 13.7. The number of methoxy groups -OCH3 is 3. The van der Waals surface area contributed by atoms with Crippen LogP contribution in [0.3, 0.4) is 0 Å². The molecule has 5 rings (SSSR count). The Morgan fingerprint density at radius 1 is 0.852 bits per heavy atom. The van der Waals surface area contributed by atoms with E-state index in [2.05, 4.69) is 12.1 Å². The van der Waals surface area contributed by atoms with E-state index in [0.717, 1.165) is 33.1 Å². The van der Waals surface area contributed by atoms with Crippen molar-refractivity contribution in [2.75, 3.05) is 47.9 Å². The monoisotopic (exact) mass is 744 g/mol. The van der Waals surface area contributed by atoms with Crippen molar-refractivity contribution in [3.63, 3.8) is 0 Å². The lowest BCUT2D eigenvalue weighted by atomic mass is 9.80. The molecule has 1 fully saturated rings. The predicted molar refractivity (Wildman–Crippen MR) is 203 cm³/mol. The van der Waals surface area contributed by atoms with Gasteiger partial charge in [0, 0.05) is 12.7 Å². The number of carbonyl (C=O) groups excluding carboxylic acids is 3. The standard InChI is InChI=1S/C43H53NO10/c1-29-25-30(40(46)44(39(29)45)28-52-41(47)42(2,3)4)13-22-37-38(51-24-23-48-5)26-36(54-37)27-53-43(31-11-9-8-10-12-31,32-14-18-34(49-6)19-15-32)33-16-20-35(50-7)21-17-33/h8-12,14-21,25,30,36-38H,13,22-24,26-28H2,1-7H3/p+1/t30?,36-,37-,38?/m0/s1. The van der Waals surface area contributed by atoms with E-state index in [9.17, 15) is 14.4 Å². The van der Waals surface area contributed by atoms with Gasteiger partial charge >= 0.3 is 5.97 Å². The number of benzene rings is 3. The third kappa shape index (κ3) is 9.38. The van der Waals surface area contributed by atoms with Gasteiger partial charge in [0.2, 0.25) is 5.91 Å². The van der Waals surface area contributed by atoms with Crippen LogP contribution in [0.4, 0.5) is 0 Å². The number of nitrogens with zero attached hydrogens (tertiary/aromatic N) is 1. The average molecular weight is 745 g/mol. The summed E-state index contributed by atoms with van der Waals surface area (Å²) in [5, 5.41) is 0. The highest BCUT2D eigenvalue weighted by molar-refractivity contribution is 6.08. The van der Waals surface area contributed by atoms with E-state index in [4.69, 9.17) is 33.2 Å². The van der Waals surface area contributed by atoms with Gasteiger partial charge in [-0.05, 0) is 81.5 Å². The zero-order valence-corrected chi connectivity index (χ0v) is 32.4. The lowest BCUT2D eigenvalue weighted by Crippen LogP contribution is -2.46. The molecule has 0 spiro atoms. The number of amides is 2. The van der Waals surface area contributed by atoms with Gasteiger partial charge in [0.1, 0.15) is 29.8 Å². The van der Waals surface area contributed by atoms with Crippen LogP contribution < -0.4 is 9.47 Å². The summed E-state index contributed by atoms with van der Waals surface area (Å²) in [6, 6.07) is 25.9. The minimum atomic E-state index is -1.01. The van der Waals surface area contributed by atoms with Crippen molar-refractivity contribution in [2.24, 2.45) is 11.3 Å². The van der Waals surface area contributed by atoms with Crippen molar-refractivity contribution >= 4 is 17.8 Å². The predicted octanol–water partition coefficient (Wildman–Crippen LogP) is 5.97. The number of hydrogen-bond acceptors (Lipinski definition) is 9. The first-order valence-electron chi connectivity index (χ1n) is 18.4. The molecule has 4 atom stereocenters. The first kappa shape index (κ1) is 40.6. The van der Waals surface area contributed by atoms with E-state index in [1.165, 1.54) is 0 Å². The molecule has 3 aromatic rings. The van der Waals surface area contributed by atoms with Crippen molar-refractivity contribution in [3.8, 4) is 11.5 Å². The van der Waals surface area contributed by atoms with E-state index in [1.54, 1.807) is 55.1 Å². The molecule has 2 aliphatic rings. The van der Waals surface area contributed by atoms with Crippen LogP contribution in [0.1, 0.15) is 63.6 Å². The van der Waals surface area contributed by atoms with Gasteiger partial charge < -0.3 is 33.2 Å². The average Bonchev–Trinajstić information content (AvgIpc) is 3.57. The maximum atomic E-state index is 13.6. The molecule has 1 N–H and O–H groups in total. The third-order valence-corrected chi connectivity index (χ3v) is 9.94. The van der Waals surface area contributed by atoms with E-state index >= 15 is 0 Å². The molecule has 3 aromatic carbocycles. The van der Waals surface area contributed by atoms with Crippen molar-refractivity contribution < 1.29 is 47.5 Å². The van der Waals surface area contributed by atoms with E-state index in [-0.39, 0.29) is 24.9 Å². The number of imide groups is 1. The van der Waals surface area contributed by atoms with E-state index in [1.807, 2.05) is 66.7 Å². The van der Waals surface area contributed by atoms with Crippen molar-refractivity contribution in [3.05, 3.63) is 107 Å². The maximum Gasteiger partial charge on any atom is 0.312 e. The molecule has 11 nitrogen and oxygen atoms in total. The number of carbonyl (C=O) groups is 3. The zero-order valence-electron chi connectivity index (χ0n) is 32.4. The third-order valence-electron chi connectivity index (χ3n) is 9.94. The Balaban J connectivity index is 1.37. The van der Waals surface area contributed by atoms with Gasteiger partial charge in [-0.15, -0.1) is 0 Å². The summed E-state index contributed by atoms with van der Waals surface area (Å²) in [5.74, 6) is -0.462. The second-order valence-corrected chi connectivity index (χ2v) is 14.7. The molecule has 2 heterocycles. The van der Waals surface area contributed by atoms with Crippen molar-refractivity contribution in [1.82, 2.24) is 4.90 Å².